The molecule has 2 aromatic heterocycles. The molecule has 184 valence electrons. The number of pyridine rings is 1. The predicted molar refractivity (Wildman–Crippen MR) is 145 cm³/mol. The number of fused-ring (bicyclic) bond motifs is 1. The monoisotopic (exact) mass is 478 g/mol. The average Bonchev–Trinajstić information content (AvgIpc) is 2.97. The standard InChI is InChI=1S/C31H34N4O/c1-19-33-27(20-12-10-9-11-13-20)35-28(34-19)22-17-25(36-8)26(32-18-22)21-14-15-23-24(16-21)30(4,5)31(6,7)29(23,2)3/h9-18H,1-8H3. The summed E-state index contributed by atoms with van der Waals surface area (Å²) in [6, 6.07) is 18.7. The molecule has 5 rings (SSSR count). The van der Waals surface area contributed by atoms with Gasteiger partial charge in [-0.3, -0.25) is 4.98 Å². The van der Waals surface area contributed by atoms with Gasteiger partial charge in [-0.2, -0.15) is 0 Å². The van der Waals surface area contributed by atoms with Crippen LogP contribution in [0, 0.1) is 12.3 Å². The van der Waals surface area contributed by atoms with Crippen molar-refractivity contribution < 1.29 is 4.74 Å². The third kappa shape index (κ3) is 3.52. The quantitative estimate of drug-likeness (QED) is 0.311. The Labute approximate surface area is 214 Å². The topological polar surface area (TPSA) is 60.8 Å². The molecule has 5 nitrogen and oxygen atoms in total. The summed E-state index contributed by atoms with van der Waals surface area (Å²) in [4.78, 5) is 18.7. The molecule has 2 aromatic carbocycles. The largest absolute Gasteiger partial charge is 0.494 e. The minimum atomic E-state index is 0.0191. The van der Waals surface area contributed by atoms with Crippen LogP contribution in [-0.4, -0.2) is 27.0 Å². The van der Waals surface area contributed by atoms with Crippen molar-refractivity contribution in [2.45, 2.75) is 59.3 Å². The summed E-state index contributed by atoms with van der Waals surface area (Å²) in [5, 5.41) is 0. The van der Waals surface area contributed by atoms with Crippen molar-refractivity contribution >= 4 is 0 Å². The molecule has 36 heavy (non-hydrogen) atoms. The zero-order valence-corrected chi connectivity index (χ0v) is 22.5. The Hall–Kier alpha value is -3.60. The molecule has 1 aliphatic rings. The van der Waals surface area contributed by atoms with Crippen molar-refractivity contribution in [1.82, 2.24) is 19.9 Å². The van der Waals surface area contributed by atoms with Gasteiger partial charge in [0, 0.05) is 22.9 Å². The van der Waals surface area contributed by atoms with Crippen LogP contribution in [0.1, 0.15) is 58.5 Å². The lowest BCUT2D eigenvalue weighted by molar-refractivity contribution is 0.125. The zero-order valence-electron chi connectivity index (χ0n) is 22.5. The van der Waals surface area contributed by atoms with Gasteiger partial charge in [-0.1, -0.05) is 84.0 Å². The van der Waals surface area contributed by atoms with Crippen molar-refractivity contribution in [3.8, 4) is 39.8 Å². The Morgan fingerprint density at radius 1 is 0.667 bits per heavy atom. The van der Waals surface area contributed by atoms with Gasteiger partial charge in [-0.25, -0.2) is 15.0 Å². The van der Waals surface area contributed by atoms with E-state index in [4.69, 9.17) is 14.7 Å². The number of nitrogens with zero attached hydrogens (tertiary/aromatic N) is 4. The number of benzene rings is 2. The van der Waals surface area contributed by atoms with Crippen LogP contribution in [0.25, 0.3) is 34.0 Å². The number of hydrogen-bond acceptors (Lipinski definition) is 5. The fourth-order valence-corrected chi connectivity index (χ4v) is 5.47. The van der Waals surface area contributed by atoms with Crippen LogP contribution in [-0.2, 0) is 10.8 Å². The third-order valence-corrected chi connectivity index (χ3v) is 8.87. The van der Waals surface area contributed by atoms with Crippen molar-refractivity contribution in [1.29, 1.82) is 0 Å². The summed E-state index contributed by atoms with van der Waals surface area (Å²) in [5.74, 6) is 2.58. The summed E-state index contributed by atoms with van der Waals surface area (Å²) >= 11 is 0. The maximum atomic E-state index is 5.83. The maximum absolute atomic E-state index is 5.83. The van der Waals surface area contributed by atoms with Crippen molar-refractivity contribution in [3.05, 3.63) is 77.7 Å². The van der Waals surface area contributed by atoms with Gasteiger partial charge >= 0.3 is 0 Å². The van der Waals surface area contributed by atoms with E-state index in [0.717, 1.165) is 22.4 Å². The van der Waals surface area contributed by atoms with E-state index in [1.165, 1.54) is 11.1 Å². The molecule has 2 heterocycles. The summed E-state index contributed by atoms with van der Waals surface area (Å²) in [6.07, 6.45) is 1.83. The first-order chi connectivity index (χ1) is 17.0. The number of aryl methyl sites for hydroxylation is 1. The molecule has 0 unspecified atom stereocenters. The van der Waals surface area contributed by atoms with E-state index < -0.39 is 0 Å². The molecular formula is C31H34N4O. The summed E-state index contributed by atoms with van der Waals surface area (Å²) < 4.78 is 5.83. The Morgan fingerprint density at radius 2 is 1.31 bits per heavy atom. The van der Waals surface area contributed by atoms with Crippen LogP contribution < -0.4 is 4.74 Å². The predicted octanol–water partition coefficient (Wildman–Crippen LogP) is 7.18. The van der Waals surface area contributed by atoms with Gasteiger partial charge in [-0.15, -0.1) is 0 Å². The minimum Gasteiger partial charge on any atom is -0.494 e. The van der Waals surface area contributed by atoms with E-state index in [2.05, 4.69) is 69.7 Å². The van der Waals surface area contributed by atoms with Crippen LogP contribution >= 0.6 is 0 Å². The smallest absolute Gasteiger partial charge is 0.165 e. The summed E-state index contributed by atoms with van der Waals surface area (Å²) in [7, 11) is 1.68. The van der Waals surface area contributed by atoms with E-state index in [1.807, 2.05) is 49.5 Å². The highest BCUT2D eigenvalue weighted by Crippen LogP contribution is 2.61. The van der Waals surface area contributed by atoms with E-state index >= 15 is 0 Å². The molecule has 1 aliphatic carbocycles. The van der Waals surface area contributed by atoms with E-state index in [1.54, 1.807) is 7.11 Å². The molecule has 0 bridgehead atoms. The Morgan fingerprint density at radius 3 is 1.97 bits per heavy atom. The van der Waals surface area contributed by atoms with Crippen LogP contribution in [0.3, 0.4) is 0 Å². The first kappa shape index (κ1) is 24.1. The summed E-state index contributed by atoms with van der Waals surface area (Å²) in [5.41, 5.74) is 6.59. The second-order valence-electron chi connectivity index (χ2n) is 11.3. The van der Waals surface area contributed by atoms with Crippen LogP contribution in [0.4, 0.5) is 0 Å². The highest BCUT2D eigenvalue weighted by molar-refractivity contribution is 5.73. The molecule has 0 fully saturated rings. The van der Waals surface area contributed by atoms with Gasteiger partial charge in [0.1, 0.15) is 17.3 Å². The van der Waals surface area contributed by atoms with Crippen LogP contribution in [0.5, 0.6) is 5.75 Å². The Bertz CT molecular complexity index is 1460. The lowest BCUT2D eigenvalue weighted by Crippen LogP contribution is -2.42. The number of ether oxygens (including phenoxy) is 1. The first-order valence-electron chi connectivity index (χ1n) is 12.5. The van der Waals surface area contributed by atoms with Crippen molar-refractivity contribution in [2.75, 3.05) is 7.11 Å². The van der Waals surface area contributed by atoms with E-state index in [-0.39, 0.29) is 16.2 Å². The highest BCUT2D eigenvalue weighted by Gasteiger charge is 2.56. The van der Waals surface area contributed by atoms with Crippen LogP contribution in [0.15, 0.2) is 60.8 Å². The summed E-state index contributed by atoms with van der Waals surface area (Å²) in [6.45, 7) is 16.0. The number of hydrogen-bond donors (Lipinski definition) is 0. The lowest BCUT2D eigenvalue weighted by Gasteiger charge is -2.44. The van der Waals surface area contributed by atoms with Crippen LogP contribution in [0.2, 0.25) is 0 Å². The Balaban J connectivity index is 1.59. The van der Waals surface area contributed by atoms with E-state index in [0.29, 0.717) is 23.2 Å². The molecule has 0 saturated heterocycles. The van der Waals surface area contributed by atoms with Gasteiger partial charge in [0.05, 0.1) is 7.11 Å². The third-order valence-electron chi connectivity index (χ3n) is 8.87. The molecule has 5 heteroatoms. The molecule has 0 saturated carbocycles. The highest BCUT2D eigenvalue weighted by atomic mass is 16.5. The lowest BCUT2D eigenvalue weighted by atomic mass is 9.59. The molecule has 4 aromatic rings. The molecule has 0 atom stereocenters. The molecule has 0 N–H and O–H groups in total. The fourth-order valence-electron chi connectivity index (χ4n) is 5.47. The zero-order chi connectivity index (χ0) is 25.9. The van der Waals surface area contributed by atoms with Gasteiger partial charge in [0.15, 0.2) is 11.6 Å². The SMILES string of the molecule is COc1cc(-c2nc(C)nc(-c3ccccc3)n2)cnc1-c1ccc2c(c1)C(C)(C)C(C)(C)C2(C)C. The minimum absolute atomic E-state index is 0.0191. The molecule has 0 aliphatic heterocycles. The fraction of sp³-hybridized carbons (Fsp3) is 0.355. The van der Waals surface area contributed by atoms with Gasteiger partial charge in [0.2, 0.25) is 0 Å². The van der Waals surface area contributed by atoms with E-state index in [9.17, 15) is 0 Å². The van der Waals surface area contributed by atoms with Crippen molar-refractivity contribution in [3.63, 3.8) is 0 Å². The van der Waals surface area contributed by atoms with Crippen molar-refractivity contribution in [2.24, 2.45) is 5.41 Å². The average molecular weight is 479 g/mol. The first-order valence-corrected chi connectivity index (χ1v) is 12.5. The van der Waals surface area contributed by atoms with Gasteiger partial charge in [0.25, 0.3) is 0 Å². The Kier molecular flexibility index (Phi) is 5.51. The number of methoxy groups -OCH3 is 1. The molecular weight excluding hydrogens is 444 g/mol. The van der Waals surface area contributed by atoms with Gasteiger partial charge in [-0.05, 0) is 46.4 Å². The second kappa shape index (κ2) is 8.22. The molecule has 0 amide bonds. The number of aromatic nitrogens is 4. The van der Waals surface area contributed by atoms with Gasteiger partial charge < -0.3 is 4.74 Å². The second-order valence-corrected chi connectivity index (χ2v) is 11.3. The molecule has 0 radical (unpaired) electrons. The maximum Gasteiger partial charge on any atom is 0.165 e. The normalized spacial score (nSPS) is 17.0. The molecule has 0 spiro atoms. The number of rotatable bonds is 4.